The molecule has 3 aromatic rings. The van der Waals surface area contributed by atoms with E-state index in [2.05, 4.69) is 10.6 Å². The van der Waals surface area contributed by atoms with Crippen molar-refractivity contribution in [3.8, 4) is 0 Å². The smallest absolute Gasteiger partial charge is 0.243 e. The van der Waals surface area contributed by atoms with E-state index in [1.165, 1.54) is 24.3 Å². The predicted molar refractivity (Wildman–Crippen MR) is 118 cm³/mol. The quantitative estimate of drug-likeness (QED) is 0.539. The minimum absolute atomic E-state index is 0.0927. The molecule has 0 fully saturated rings. The second kappa shape index (κ2) is 9.11. The molecule has 30 heavy (non-hydrogen) atoms. The summed E-state index contributed by atoms with van der Waals surface area (Å²) in [6, 6.07) is 19.5. The van der Waals surface area contributed by atoms with Crippen molar-refractivity contribution in [1.29, 1.82) is 0 Å². The third-order valence-electron chi connectivity index (χ3n) is 4.27. The van der Waals surface area contributed by atoms with Crippen LogP contribution in [-0.4, -0.2) is 32.9 Å². The third kappa shape index (κ3) is 5.46. The number of nitrogens with one attached hydrogen (secondary N) is 2. The number of halogens is 1. The number of carbonyl (C=O) groups is 2. The first kappa shape index (κ1) is 21.5. The van der Waals surface area contributed by atoms with Crippen molar-refractivity contribution in [3.05, 3.63) is 88.9 Å². The van der Waals surface area contributed by atoms with E-state index in [1.807, 2.05) is 6.07 Å². The molecule has 6 nitrogen and oxygen atoms in total. The molecule has 0 aliphatic carbocycles. The molecule has 8 heteroatoms. The number of hydrogen-bond acceptors (Lipinski definition) is 5. The maximum atomic E-state index is 12.8. The number of sulfone groups is 1. The Balaban J connectivity index is 1.70. The molecular formula is C22H19ClN2O4S. The molecule has 0 aliphatic heterocycles. The van der Waals surface area contributed by atoms with Crippen LogP contribution in [0.5, 0.6) is 0 Å². The summed E-state index contributed by atoms with van der Waals surface area (Å²) >= 11 is 6.06. The first-order chi connectivity index (χ1) is 14.2. The van der Waals surface area contributed by atoms with Crippen molar-refractivity contribution >= 4 is 44.5 Å². The van der Waals surface area contributed by atoms with Crippen LogP contribution in [-0.2, 0) is 14.6 Å². The molecule has 0 aliphatic rings. The zero-order chi connectivity index (χ0) is 21.7. The number of ketones is 1. The van der Waals surface area contributed by atoms with Gasteiger partial charge in [-0.05, 0) is 42.5 Å². The second-order valence-corrected chi connectivity index (χ2v) is 9.04. The maximum absolute atomic E-state index is 12.8. The van der Waals surface area contributed by atoms with Crippen LogP contribution in [0.3, 0.4) is 0 Å². The van der Waals surface area contributed by atoms with Crippen LogP contribution in [0.2, 0.25) is 5.02 Å². The van der Waals surface area contributed by atoms with Gasteiger partial charge in [0.05, 0.1) is 11.4 Å². The normalized spacial score (nSPS) is 11.0. The molecule has 0 bridgehead atoms. The van der Waals surface area contributed by atoms with Crippen LogP contribution >= 0.6 is 11.6 Å². The fourth-order valence-electron chi connectivity index (χ4n) is 2.77. The maximum Gasteiger partial charge on any atom is 0.243 e. The fourth-order valence-corrected chi connectivity index (χ4v) is 3.57. The highest BCUT2D eigenvalue weighted by molar-refractivity contribution is 7.90. The van der Waals surface area contributed by atoms with Crippen molar-refractivity contribution in [2.75, 3.05) is 23.4 Å². The van der Waals surface area contributed by atoms with E-state index in [0.717, 1.165) is 6.26 Å². The van der Waals surface area contributed by atoms with Crippen molar-refractivity contribution in [2.45, 2.75) is 4.90 Å². The van der Waals surface area contributed by atoms with Crippen molar-refractivity contribution in [2.24, 2.45) is 0 Å². The molecule has 1 amide bonds. The van der Waals surface area contributed by atoms with Gasteiger partial charge in [0.25, 0.3) is 0 Å². The Morgan fingerprint density at radius 3 is 2.23 bits per heavy atom. The lowest BCUT2D eigenvalue weighted by Gasteiger charge is -2.12. The number of hydrogen-bond donors (Lipinski definition) is 2. The Morgan fingerprint density at radius 2 is 1.60 bits per heavy atom. The minimum atomic E-state index is -3.30. The summed E-state index contributed by atoms with van der Waals surface area (Å²) in [6.07, 6.45) is 1.12. The summed E-state index contributed by atoms with van der Waals surface area (Å²) in [5.41, 5.74) is 1.82. The summed E-state index contributed by atoms with van der Waals surface area (Å²) < 4.78 is 23.0. The van der Waals surface area contributed by atoms with Gasteiger partial charge >= 0.3 is 0 Å². The van der Waals surface area contributed by atoms with E-state index in [1.54, 1.807) is 42.5 Å². The fraction of sp³-hybridized carbons (Fsp3) is 0.0909. The Kier molecular flexibility index (Phi) is 6.54. The summed E-state index contributed by atoms with van der Waals surface area (Å²) in [4.78, 5) is 25.3. The number of carbonyl (C=O) groups excluding carboxylic acids is 2. The number of rotatable bonds is 7. The topological polar surface area (TPSA) is 92.3 Å². The molecular weight excluding hydrogens is 424 g/mol. The SMILES string of the molecule is CS(=O)(=O)c1ccc(NC(=O)CNc2ccc(Cl)cc2C(=O)c2ccccc2)cc1. The van der Waals surface area contributed by atoms with Gasteiger partial charge in [-0.1, -0.05) is 41.9 Å². The summed E-state index contributed by atoms with van der Waals surface area (Å²) in [6.45, 7) is -0.0927. The van der Waals surface area contributed by atoms with Gasteiger partial charge in [-0.3, -0.25) is 9.59 Å². The van der Waals surface area contributed by atoms with Gasteiger partial charge in [-0.2, -0.15) is 0 Å². The molecule has 3 rings (SSSR count). The monoisotopic (exact) mass is 442 g/mol. The largest absolute Gasteiger partial charge is 0.376 e. The average molecular weight is 443 g/mol. The highest BCUT2D eigenvalue weighted by atomic mass is 35.5. The van der Waals surface area contributed by atoms with E-state index >= 15 is 0 Å². The number of benzene rings is 3. The Bertz CT molecular complexity index is 1180. The van der Waals surface area contributed by atoms with Crippen LogP contribution in [0, 0.1) is 0 Å². The molecule has 0 heterocycles. The number of amides is 1. The molecule has 2 N–H and O–H groups in total. The average Bonchev–Trinajstić information content (AvgIpc) is 2.72. The minimum Gasteiger partial charge on any atom is -0.376 e. The highest BCUT2D eigenvalue weighted by Crippen LogP contribution is 2.23. The van der Waals surface area contributed by atoms with Crippen molar-refractivity contribution in [1.82, 2.24) is 0 Å². The molecule has 0 radical (unpaired) electrons. The lowest BCUT2D eigenvalue weighted by Crippen LogP contribution is -2.22. The third-order valence-corrected chi connectivity index (χ3v) is 5.63. The van der Waals surface area contributed by atoms with Crippen molar-refractivity contribution < 1.29 is 18.0 Å². The number of anilines is 2. The van der Waals surface area contributed by atoms with Crippen LogP contribution in [0.1, 0.15) is 15.9 Å². The Labute approximate surface area is 179 Å². The van der Waals surface area contributed by atoms with Crippen LogP contribution in [0.15, 0.2) is 77.7 Å². The predicted octanol–water partition coefficient (Wildman–Crippen LogP) is 4.03. The zero-order valence-corrected chi connectivity index (χ0v) is 17.6. The standard InChI is InChI=1S/C22H19ClN2O4S/c1-30(28,29)18-10-8-17(9-11-18)25-21(26)14-24-20-12-7-16(23)13-19(20)22(27)15-5-3-2-4-6-15/h2-13,24H,14H2,1H3,(H,25,26). The zero-order valence-electron chi connectivity index (χ0n) is 16.1. The van der Waals surface area contributed by atoms with E-state index in [0.29, 0.717) is 27.5 Å². The molecule has 0 unspecified atom stereocenters. The van der Waals surface area contributed by atoms with Gasteiger partial charge in [0.1, 0.15) is 0 Å². The summed E-state index contributed by atoms with van der Waals surface area (Å²) in [7, 11) is -3.30. The van der Waals surface area contributed by atoms with Gasteiger partial charge in [-0.25, -0.2) is 8.42 Å². The summed E-state index contributed by atoms with van der Waals surface area (Å²) in [5, 5.41) is 6.05. The summed E-state index contributed by atoms with van der Waals surface area (Å²) in [5.74, 6) is -0.562. The molecule has 154 valence electrons. The molecule has 0 atom stereocenters. The van der Waals surface area contributed by atoms with E-state index in [9.17, 15) is 18.0 Å². The van der Waals surface area contributed by atoms with Gasteiger partial charge in [0.15, 0.2) is 15.6 Å². The molecule has 3 aromatic carbocycles. The first-order valence-electron chi connectivity index (χ1n) is 8.97. The molecule has 0 aromatic heterocycles. The van der Waals surface area contributed by atoms with E-state index in [-0.39, 0.29) is 23.1 Å². The second-order valence-electron chi connectivity index (χ2n) is 6.58. The van der Waals surface area contributed by atoms with Gasteiger partial charge < -0.3 is 10.6 Å². The van der Waals surface area contributed by atoms with Crippen LogP contribution in [0.4, 0.5) is 11.4 Å². The Hall–Kier alpha value is -3.16. The van der Waals surface area contributed by atoms with Crippen molar-refractivity contribution in [3.63, 3.8) is 0 Å². The lowest BCUT2D eigenvalue weighted by atomic mass is 10.0. The van der Waals surface area contributed by atoms with Gasteiger partial charge in [-0.15, -0.1) is 0 Å². The first-order valence-corrected chi connectivity index (χ1v) is 11.2. The van der Waals surface area contributed by atoms with Gasteiger partial charge in [0.2, 0.25) is 5.91 Å². The Morgan fingerprint density at radius 1 is 0.933 bits per heavy atom. The van der Waals surface area contributed by atoms with E-state index < -0.39 is 9.84 Å². The van der Waals surface area contributed by atoms with Crippen LogP contribution in [0.25, 0.3) is 0 Å². The van der Waals surface area contributed by atoms with E-state index in [4.69, 9.17) is 11.6 Å². The molecule has 0 saturated carbocycles. The van der Waals surface area contributed by atoms with Crippen LogP contribution < -0.4 is 10.6 Å². The van der Waals surface area contributed by atoms with Gasteiger partial charge in [0, 0.05) is 33.8 Å². The highest BCUT2D eigenvalue weighted by Gasteiger charge is 2.15. The lowest BCUT2D eigenvalue weighted by molar-refractivity contribution is -0.114. The molecule has 0 spiro atoms. The molecule has 0 saturated heterocycles.